The highest BCUT2D eigenvalue weighted by atomic mass is 79.9. The minimum atomic E-state index is -0.557. The summed E-state index contributed by atoms with van der Waals surface area (Å²) in [6.45, 7) is 0.340. The van der Waals surface area contributed by atoms with Crippen LogP contribution in [-0.2, 0) is 6.54 Å². The van der Waals surface area contributed by atoms with Gasteiger partial charge in [-0.15, -0.1) is 0 Å². The average molecular weight is 437 g/mol. The van der Waals surface area contributed by atoms with Gasteiger partial charge in [0, 0.05) is 11.8 Å². The smallest absolute Gasteiger partial charge is 0.358 e. The maximum absolute atomic E-state index is 12.2. The molecule has 0 fully saturated rings. The predicted molar refractivity (Wildman–Crippen MR) is 99.3 cm³/mol. The van der Waals surface area contributed by atoms with E-state index >= 15 is 0 Å². The van der Waals surface area contributed by atoms with Crippen LogP contribution in [0.1, 0.15) is 15.9 Å². The monoisotopic (exact) mass is 435 g/mol. The number of carbonyl (C=O) groups is 1. The van der Waals surface area contributed by atoms with Crippen LogP contribution in [0.5, 0.6) is 0 Å². The van der Waals surface area contributed by atoms with Crippen LogP contribution >= 0.6 is 27.5 Å². The zero-order chi connectivity index (χ0) is 18.7. The van der Waals surface area contributed by atoms with E-state index in [1.165, 1.54) is 17.1 Å². The second-order valence-corrected chi connectivity index (χ2v) is 6.56. The molecule has 0 aliphatic carbocycles. The Balaban J connectivity index is 1.68. The second kappa shape index (κ2) is 7.63. The SMILES string of the molecule is O=C(Nc1ccc(Cl)cn1)c1ccc(Cn2cc(Br)c([N+](=O)[O-])n2)cc1. The van der Waals surface area contributed by atoms with Crippen LogP contribution in [0.15, 0.2) is 53.3 Å². The third-order valence-electron chi connectivity index (χ3n) is 3.40. The molecule has 3 aromatic rings. The molecule has 2 aromatic heterocycles. The van der Waals surface area contributed by atoms with Gasteiger partial charge in [0.15, 0.2) is 0 Å². The molecule has 8 nitrogen and oxygen atoms in total. The number of halogens is 2. The van der Waals surface area contributed by atoms with Crippen molar-refractivity contribution in [3.8, 4) is 0 Å². The molecule has 1 aromatic carbocycles. The van der Waals surface area contributed by atoms with Crippen molar-refractivity contribution >= 4 is 45.1 Å². The molecule has 0 saturated carbocycles. The lowest BCUT2D eigenvalue weighted by Gasteiger charge is -2.05. The number of aromatic nitrogens is 3. The van der Waals surface area contributed by atoms with Gasteiger partial charge >= 0.3 is 5.82 Å². The summed E-state index contributed by atoms with van der Waals surface area (Å²) in [6, 6.07) is 10.1. The maximum atomic E-state index is 12.2. The number of nitro groups is 1. The average Bonchev–Trinajstić information content (AvgIpc) is 2.98. The van der Waals surface area contributed by atoms with Gasteiger partial charge in [0.1, 0.15) is 10.3 Å². The van der Waals surface area contributed by atoms with Crippen molar-refractivity contribution < 1.29 is 9.72 Å². The number of rotatable bonds is 5. The van der Waals surface area contributed by atoms with Gasteiger partial charge in [-0.25, -0.2) is 4.98 Å². The highest BCUT2D eigenvalue weighted by Crippen LogP contribution is 2.22. The second-order valence-electron chi connectivity index (χ2n) is 5.27. The fourth-order valence-corrected chi connectivity index (χ4v) is 2.75. The van der Waals surface area contributed by atoms with E-state index in [1.807, 2.05) is 0 Å². The lowest BCUT2D eigenvalue weighted by Crippen LogP contribution is -2.13. The zero-order valence-electron chi connectivity index (χ0n) is 13.1. The van der Waals surface area contributed by atoms with E-state index in [1.54, 1.807) is 36.4 Å². The minimum Gasteiger partial charge on any atom is -0.358 e. The highest BCUT2D eigenvalue weighted by Gasteiger charge is 2.18. The molecule has 0 unspecified atom stereocenters. The number of nitrogens with one attached hydrogen (secondary N) is 1. The number of nitrogens with zero attached hydrogens (tertiary/aromatic N) is 4. The summed E-state index contributed by atoms with van der Waals surface area (Å²) < 4.78 is 1.77. The van der Waals surface area contributed by atoms with Crippen LogP contribution in [0.25, 0.3) is 0 Å². The van der Waals surface area contributed by atoms with Crippen LogP contribution in [0.3, 0.4) is 0 Å². The number of anilines is 1. The van der Waals surface area contributed by atoms with Crippen molar-refractivity contribution in [1.29, 1.82) is 0 Å². The molecule has 0 spiro atoms. The molecule has 0 aliphatic rings. The van der Waals surface area contributed by atoms with Crippen LogP contribution in [-0.4, -0.2) is 25.6 Å². The summed E-state index contributed by atoms with van der Waals surface area (Å²) in [5, 5.41) is 17.9. The predicted octanol–water partition coefficient (Wildman–Crippen LogP) is 3.90. The largest absolute Gasteiger partial charge is 0.404 e. The lowest BCUT2D eigenvalue weighted by molar-refractivity contribution is -0.390. The molecule has 2 heterocycles. The molecule has 0 atom stereocenters. The first-order valence-electron chi connectivity index (χ1n) is 7.31. The Hall–Kier alpha value is -2.78. The molecule has 0 bridgehead atoms. The Morgan fingerprint density at radius 3 is 2.58 bits per heavy atom. The molecular weight excluding hydrogens is 426 g/mol. The molecule has 132 valence electrons. The van der Waals surface area contributed by atoms with Crippen molar-refractivity contribution in [2.75, 3.05) is 5.32 Å². The molecular formula is C16H11BrClN5O3. The Labute approximate surface area is 161 Å². The molecule has 26 heavy (non-hydrogen) atoms. The normalized spacial score (nSPS) is 10.5. The van der Waals surface area contributed by atoms with Gasteiger partial charge in [-0.2, -0.15) is 4.68 Å². The van der Waals surface area contributed by atoms with Gasteiger partial charge in [0.25, 0.3) is 5.91 Å². The topological polar surface area (TPSA) is 103 Å². The summed E-state index contributed by atoms with van der Waals surface area (Å²) >= 11 is 8.86. The number of hydrogen-bond donors (Lipinski definition) is 1. The van der Waals surface area contributed by atoms with Crippen LogP contribution in [0.2, 0.25) is 5.02 Å². The van der Waals surface area contributed by atoms with Crippen molar-refractivity contribution in [3.05, 3.63) is 79.5 Å². The summed E-state index contributed by atoms with van der Waals surface area (Å²) in [7, 11) is 0. The lowest BCUT2D eigenvalue weighted by atomic mass is 10.1. The van der Waals surface area contributed by atoms with E-state index in [2.05, 4.69) is 31.3 Å². The van der Waals surface area contributed by atoms with Gasteiger partial charge in [-0.3, -0.25) is 4.79 Å². The number of amides is 1. The maximum Gasteiger partial charge on any atom is 0.404 e. The van der Waals surface area contributed by atoms with Crippen LogP contribution in [0, 0.1) is 10.1 Å². The number of pyridine rings is 1. The zero-order valence-corrected chi connectivity index (χ0v) is 15.4. The number of hydrogen-bond acceptors (Lipinski definition) is 5. The van der Waals surface area contributed by atoms with Crippen molar-refractivity contribution in [3.63, 3.8) is 0 Å². The van der Waals surface area contributed by atoms with Gasteiger partial charge in [-0.1, -0.05) is 23.7 Å². The van der Waals surface area contributed by atoms with Gasteiger partial charge in [-0.05, 0) is 50.7 Å². The van der Waals surface area contributed by atoms with E-state index in [4.69, 9.17) is 11.6 Å². The fraction of sp³-hybridized carbons (Fsp3) is 0.0625. The van der Waals surface area contributed by atoms with Gasteiger partial charge < -0.3 is 15.4 Å². The van der Waals surface area contributed by atoms with Crippen LogP contribution in [0.4, 0.5) is 11.6 Å². The standard InChI is InChI=1S/C16H11BrClN5O3/c17-13-9-22(21-15(13)23(25)26)8-10-1-3-11(4-2-10)16(24)20-14-6-5-12(18)7-19-14/h1-7,9H,8H2,(H,19,20,24). The van der Waals surface area contributed by atoms with Crippen molar-refractivity contribution in [1.82, 2.24) is 14.8 Å². The molecule has 0 saturated heterocycles. The van der Waals surface area contributed by atoms with Crippen molar-refractivity contribution in [2.45, 2.75) is 6.54 Å². The quantitative estimate of drug-likeness (QED) is 0.482. The molecule has 0 radical (unpaired) electrons. The number of benzene rings is 1. The van der Waals surface area contributed by atoms with E-state index in [-0.39, 0.29) is 11.7 Å². The Bertz CT molecular complexity index is 957. The Morgan fingerprint density at radius 2 is 2.00 bits per heavy atom. The van der Waals surface area contributed by atoms with E-state index in [9.17, 15) is 14.9 Å². The van der Waals surface area contributed by atoms with E-state index in [0.717, 1.165) is 5.56 Å². The first kappa shape index (κ1) is 18.0. The molecule has 1 N–H and O–H groups in total. The minimum absolute atomic E-state index is 0.239. The summed E-state index contributed by atoms with van der Waals surface area (Å²) in [5.41, 5.74) is 1.30. The Morgan fingerprint density at radius 1 is 1.27 bits per heavy atom. The van der Waals surface area contributed by atoms with Crippen LogP contribution < -0.4 is 5.32 Å². The highest BCUT2D eigenvalue weighted by molar-refractivity contribution is 9.10. The summed E-state index contributed by atoms with van der Waals surface area (Å²) in [5.74, 6) is -0.141. The van der Waals surface area contributed by atoms with Crippen molar-refractivity contribution in [2.24, 2.45) is 0 Å². The first-order valence-corrected chi connectivity index (χ1v) is 8.48. The summed E-state index contributed by atoms with van der Waals surface area (Å²) in [4.78, 5) is 26.5. The molecule has 3 rings (SSSR count). The molecule has 1 amide bonds. The third-order valence-corrected chi connectivity index (χ3v) is 4.18. The molecule has 0 aliphatic heterocycles. The molecule has 10 heteroatoms. The fourth-order valence-electron chi connectivity index (χ4n) is 2.18. The van der Waals surface area contributed by atoms with Gasteiger partial charge in [0.05, 0.1) is 22.9 Å². The Kier molecular flexibility index (Phi) is 5.29. The number of carbonyl (C=O) groups excluding carboxylic acids is 1. The van der Waals surface area contributed by atoms with E-state index in [0.29, 0.717) is 27.4 Å². The first-order chi connectivity index (χ1) is 12.4. The third kappa shape index (κ3) is 4.24. The van der Waals surface area contributed by atoms with E-state index < -0.39 is 4.92 Å². The van der Waals surface area contributed by atoms with Gasteiger partial charge in [0.2, 0.25) is 0 Å². The summed E-state index contributed by atoms with van der Waals surface area (Å²) in [6.07, 6.45) is 2.98.